The fourth-order valence-electron chi connectivity index (χ4n) is 3.46. The third-order valence-corrected chi connectivity index (χ3v) is 5.39. The predicted octanol–water partition coefficient (Wildman–Crippen LogP) is 4.70. The number of para-hydroxylation sites is 1. The highest BCUT2D eigenvalue weighted by molar-refractivity contribution is 14.1. The van der Waals surface area contributed by atoms with Crippen molar-refractivity contribution in [2.75, 3.05) is 11.4 Å². The second-order valence-corrected chi connectivity index (χ2v) is 6.74. The molecule has 0 N–H and O–H groups in total. The van der Waals surface area contributed by atoms with E-state index < -0.39 is 0 Å². The van der Waals surface area contributed by atoms with Crippen molar-refractivity contribution in [3.05, 3.63) is 33.0 Å². The molecule has 0 amide bonds. The van der Waals surface area contributed by atoms with E-state index in [1.54, 1.807) is 0 Å². The van der Waals surface area contributed by atoms with Crippen molar-refractivity contribution in [1.82, 2.24) is 4.98 Å². The number of benzene rings is 1. The molecule has 106 valence electrons. The van der Waals surface area contributed by atoms with E-state index in [1.165, 1.54) is 44.3 Å². The number of pyridine rings is 1. The molecule has 20 heavy (non-hydrogen) atoms. The lowest BCUT2D eigenvalue weighted by molar-refractivity contribution is 0.572. The molecule has 0 bridgehead atoms. The number of aromatic nitrogens is 1. The molecule has 1 aromatic heterocycles. The summed E-state index contributed by atoms with van der Waals surface area (Å²) < 4.78 is 1.25. The van der Waals surface area contributed by atoms with Gasteiger partial charge in [-0.05, 0) is 60.4 Å². The van der Waals surface area contributed by atoms with Crippen LogP contribution in [0.5, 0.6) is 0 Å². The van der Waals surface area contributed by atoms with Gasteiger partial charge in [-0.2, -0.15) is 0 Å². The fourth-order valence-corrected chi connectivity index (χ4v) is 4.07. The maximum atomic E-state index is 4.86. The van der Waals surface area contributed by atoms with Crippen molar-refractivity contribution in [1.29, 1.82) is 0 Å². The summed E-state index contributed by atoms with van der Waals surface area (Å²) in [5.41, 5.74) is 5.30. The van der Waals surface area contributed by atoms with Crippen LogP contribution in [0.25, 0.3) is 10.9 Å². The van der Waals surface area contributed by atoms with Gasteiger partial charge >= 0.3 is 0 Å². The third kappa shape index (κ3) is 2.10. The van der Waals surface area contributed by atoms with E-state index in [9.17, 15) is 0 Å². The van der Waals surface area contributed by atoms with Gasteiger partial charge in [0, 0.05) is 27.2 Å². The van der Waals surface area contributed by atoms with E-state index in [0.717, 1.165) is 13.0 Å². The van der Waals surface area contributed by atoms with Gasteiger partial charge in [-0.3, -0.25) is 4.98 Å². The van der Waals surface area contributed by atoms with Crippen molar-refractivity contribution in [3.8, 4) is 0 Å². The molecule has 0 saturated carbocycles. The quantitative estimate of drug-likeness (QED) is 0.718. The summed E-state index contributed by atoms with van der Waals surface area (Å²) in [6.45, 7) is 7.91. The number of aryl methyl sites for hydroxylation is 1. The summed E-state index contributed by atoms with van der Waals surface area (Å²) in [6, 6.07) is 7.20. The molecule has 3 rings (SSSR count). The molecule has 2 nitrogen and oxygen atoms in total. The van der Waals surface area contributed by atoms with E-state index >= 15 is 0 Å². The molecular formula is C17H21IN2. The largest absolute Gasteiger partial charge is 0.367 e. The lowest BCUT2D eigenvalue weighted by atomic mass is 10.0. The van der Waals surface area contributed by atoms with Crippen molar-refractivity contribution in [2.45, 2.75) is 46.1 Å². The lowest BCUT2D eigenvalue weighted by Crippen LogP contribution is -2.32. The first-order valence-corrected chi connectivity index (χ1v) is 8.59. The molecule has 0 radical (unpaired) electrons. The first kappa shape index (κ1) is 14.1. The molecule has 3 heteroatoms. The minimum absolute atomic E-state index is 0.652. The molecule has 0 saturated heterocycles. The first-order valence-electron chi connectivity index (χ1n) is 7.51. The van der Waals surface area contributed by atoms with Gasteiger partial charge in [0.2, 0.25) is 0 Å². The second kappa shape index (κ2) is 5.51. The van der Waals surface area contributed by atoms with Crippen LogP contribution in [0, 0.1) is 10.5 Å². The minimum atomic E-state index is 0.652. The normalized spacial score (nSPS) is 14.3. The summed E-state index contributed by atoms with van der Waals surface area (Å²) in [6.07, 6.45) is 3.57. The summed E-state index contributed by atoms with van der Waals surface area (Å²) >= 11 is 2.40. The van der Waals surface area contributed by atoms with Gasteiger partial charge in [-0.15, -0.1) is 0 Å². The van der Waals surface area contributed by atoms with Crippen LogP contribution in [-0.2, 0) is 6.42 Å². The molecule has 1 aliphatic rings. The molecular weight excluding hydrogens is 359 g/mol. The average Bonchev–Trinajstić information content (AvgIpc) is 2.88. The van der Waals surface area contributed by atoms with Crippen LogP contribution in [0.1, 0.15) is 37.9 Å². The highest BCUT2D eigenvalue weighted by atomic mass is 127. The van der Waals surface area contributed by atoms with E-state index in [4.69, 9.17) is 4.98 Å². The monoisotopic (exact) mass is 380 g/mol. The van der Waals surface area contributed by atoms with E-state index in [2.05, 4.69) is 66.5 Å². The Morgan fingerprint density at radius 3 is 2.75 bits per heavy atom. The number of halogens is 1. The zero-order valence-electron chi connectivity index (χ0n) is 12.4. The maximum Gasteiger partial charge on any atom is 0.0859 e. The van der Waals surface area contributed by atoms with Crippen molar-refractivity contribution < 1.29 is 0 Å². The predicted molar refractivity (Wildman–Crippen MR) is 94.6 cm³/mol. The zero-order chi connectivity index (χ0) is 14.3. The standard InChI is InChI=1S/C17H21IN2/c1-4-12(5-2)20-10-9-13-11(3)19-16-14(17(13)20)7-6-8-15(16)18/h6-8,12H,4-5,9-10H2,1-3H3. The SMILES string of the molecule is CCC(CC)N1CCc2c(C)nc3c(I)cccc3c21. The summed E-state index contributed by atoms with van der Waals surface area (Å²) in [5.74, 6) is 0. The number of fused-ring (bicyclic) bond motifs is 3. The molecule has 1 aliphatic heterocycles. The van der Waals surface area contributed by atoms with Gasteiger partial charge < -0.3 is 4.90 Å². The Hall–Kier alpha value is -0.840. The molecule has 1 aromatic carbocycles. The number of nitrogens with zero attached hydrogens (tertiary/aromatic N) is 2. The molecule has 0 atom stereocenters. The third-order valence-electron chi connectivity index (χ3n) is 4.52. The zero-order valence-corrected chi connectivity index (χ0v) is 14.6. The van der Waals surface area contributed by atoms with Crippen LogP contribution < -0.4 is 4.90 Å². The number of hydrogen-bond acceptors (Lipinski definition) is 2. The van der Waals surface area contributed by atoms with Crippen LogP contribution in [0.4, 0.5) is 5.69 Å². The summed E-state index contributed by atoms with van der Waals surface area (Å²) in [5, 5.41) is 1.34. The van der Waals surface area contributed by atoms with Crippen LogP contribution in [0.2, 0.25) is 0 Å². The number of anilines is 1. The Morgan fingerprint density at radius 2 is 2.05 bits per heavy atom. The molecule has 2 aromatic rings. The highest BCUT2D eigenvalue weighted by Gasteiger charge is 2.28. The highest BCUT2D eigenvalue weighted by Crippen LogP contribution is 2.39. The van der Waals surface area contributed by atoms with E-state index in [1.807, 2.05) is 0 Å². The Kier molecular flexibility index (Phi) is 3.89. The van der Waals surface area contributed by atoms with Crippen LogP contribution in [0.15, 0.2) is 18.2 Å². The maximum absolute atomic E-state index is 4.86. The van der Waals surface area contributed by atoms with Gasteiger partial charge in [0.15, 0.2) is 0 Å². The van der Waals surface area contributed by atoms with E-state index in [-0.39, 0.29) is 0 Å². The molecule has 2 heterocycles. The van der Waals surface area contributed by atoms with Gasteiger partial charge in [0.1, 0.15) is 0 Å². The Balaban J connectivity index is 2.26. The topological polar surface area (TPSA) is 16.1 Å². The van der Waals surface area contributed by atoms with Crippen LogP contribution >= 0.6 is 22.6 Å². The second-order valence-electron chi connectivity index (χ2n) is 5.57. The van der Waals surface area contributed by atoms with Gasteiger partial charge in [0.25, 0.3) is 0 Å². The van der Waals surface area contributed by atoms with Crippen LogP contribution in [0.3, 0.4) is 0 Å². The number of hydrogen-bond donors (Lipinski definition) is 0. The summed E-state index contributed by atoms with van der Waals surface area (Å²) in [7, 11) is 0. The smallest absolute Gasteiger partial charge is 0.0859 e. The van der Waals surface area contributed by atoms with Gasteiger partial charge in [-0.1, -0.05) is 26.0 Å². The first-order chi connectivity index (χ1) is 9.67. The van der Waals surface area contributed by atoms with Crippen molar-refractivity contribution in [2.24, 2.45) is 0 Å². The molecule has 0 unspecified atom stereocenters. The lowest BCUT2D eigenvalue weighted by Gasteiger charge is -2.29. The molecule has 0 aliphatic carbocycles. The van der Waals surface area contributed by atoms with E-state index in [0.29, 0.717) is 6.04 Å². The van der Waals surface area contributed by atoms with Crippen molar-refractivity contribution in [3.63, 3.8) is 0 Å². The molecule has 0 spiro atoms. The van der Waals surface area contributed by atoms with Gasteiger partial charge in [0.05, 0.1) is 11.2 Å². The minimum Gasteiger partial charge on any atom is -0.367 e. The Bertz CT molecular complexity index is 647. The Morgan fingerprint density at radius 1 is 1.30 bits per heavy atom. The van der Waals surface area contributed by atoms with Gasteiger partial charge in [-0.25, -0.2) is 0 Å². The Labute approximate surface area is 134 Å². The van der Waals surface area contributed by atoms with Crippen molar-refractivity contribution >= 4 is 39.2 Å². The summed E-state index contributed by atoms with van der Waals surface area (Å²) in [4.78, 5) is 7.49. The molecule has 0 fully saturated rings. The van der Waals surface area contributed by atoms with Crippen LogP contribution in [-0.4, -0.2) is 17.6 Å². The fraction of sp³-hybridized carbons (Fsp3) is 0.471. The number of rotatable bonds is 3. The average molecular weight is 380 g/mol.